The van der Waals surface area contributed by atoms with E-state index in [2.05, 4.69) is 14.8 Å². The van der Waals surface area contributed by atoms with E-state index in [-0.39, 0.29) is 6.42 Å². The van der Waals surface area contributed by atoms with Gasteiger partial charge < -0.3 is 14.8 Å². The van der Waals surface area contributed by atoms with Crippen molar-refractivity contribution in [2.75, 3.05) is 14.2 Å². The third-order valence-electron chi connectivity index (χ3n) is 1.67. The van der Waals surface area contributed by atoms with Crippen LogP contribution in [0.25, 0.3) is 0 Å². The van der Waals surface area contributed by atoms with Crippen LogP contribution < -0.4 is 5.32 Å². The minimum Gasteiger partial charge on any atom is -0.467 e. The van der Waals surface area contributed by atoms with Crippen LogP contribution in [0.5, 0.6) is 0 Å². The lowest BCUT2D eigenvalue weighted by molar-refractivity contribution is -0.144. The first kappa shape index (κ1) is 12.7. The Bertz CT molecular complexity index is 210. The van der Waals surface area contributed by atoms with Crippen LogP contribution in [-0.2, 0) is 14.3 Å². The lowest BCUT2D eigenvalue weighted by atomic mass is 10.1. The van der Waals surface area contributed by atoms with Crippen LogP contribution in [0.3, 0.4) is 0 Å². The van der Waals surface area contributed by atoms with Gasteiger partial charge in [-0.2, -0.15) is 0 Å². The predicted molar refractivity (Wildman–Crippen MR) is 46.5 cm³/mol. The molecule has 0 aliphatic carbocycles. The van der Waals surface area contributed by atoms with Gasteiger partial charge in [-0.1, -0.05) is 6.92 Å². The highest BCUT2D eigenvalue weighted by Crippen LogP contribution is 2.05. The fourth-order valence-corrected chi connectivity index (χ4v) is 0.846. The maximum Gasteiger partial charge on any atom is 0.407 e. The molecule has 14 heavy (non-hydrogen) atoms. The first-order chi connectivity index (χ1) is 6.56. The number of rotatable bonds is 4. The number of carbonyl (C=O) groups is 2. The van der Waals surface area contributed by atoms with Crippen molar-refractivity contribution in [1.82, 2.24) is 5.32 Å². The summed E-state index contributed by atoms with van der Waals surface area (Å²) in [5, 5.41) is 2.06. The van der Waals surface area contributed by atoms with Gasteiger partial charge in [0.2, 0.25) is 0 Å². The molecule has 0 aromatic carbocycles. The van der Waals surface area contributed by atoms with Crippen LogP contribution in [0.2, 0.25) is 0 Å². The molecular formula is C8H14FNO4. The normalized spacial score (nSPS) is 14.0. The maximum absolute atomic E-state index is 13.2. The summed E-state index contributed by atoms with van der Waals surface area (Å²) in [5.74, 6) is -0.829. The van der Waals surface area contributed by atoms with Gasteiger partial charge in [0.25, 0.3) is 0 Å². The van der Waals surface area contributed by atoms with Crippen molar-refractivity contribution in [1.29, 1.82) is 0 Å². The lowest BCUT2D eigenvalue weighted by Gasteiger charge is -2.18. The van der Waals surface area contributed by atoms with Gasteiger partial charge in [0.05, 0.1) is 14.2 Å². The number of hydrogen-bond acceptors (Lipinski definition) is 4. The van der Waals surface area contributed by atoms with E-state index in [9.17, 15) is 14.0 Å². The lowest BCUT2D eigenvalue weighted by Crippen LogP contribution is -2.47. The molecule has 0 heterocycles. The molecule has 6 heteroatoms. The fourth-order valence-electron chi connectivity index (χ4n) is 0.846. The third kappa shape index (κ3) is 3.59. The number of methoxy groups -OCH3 is 2. The topological polar surface area (TPSA) is 64.6 Å². The molecule has 0 aromatic rings. The number of carbonyl (C=O) groups excluding carboxylic acids is 2. The molecule has 0 aromatic heterocycles. The fraction of sp³-hybridized carbons (Fsp3) is 0.750. The average molecular weight is 207 g/mol. The number of alkyl halides is 1. The van der Waals surface area contributed by atoms with E-state index in [1.165, 1.54) is 0 Å². The van der Waals surface area contributed by atoms with Gasteiger partial charge in [-0.25, -0.2) is 14.0 Å². The van der Waals surface area contributed by atoms with Crippen LogP contribution in [0.15, 0.2) is 0 Å². The summed E-state index contributed by atoms with van der Waals surface area (Å²) in [6.45, 7) is 1.56. The highest BCUT2D eigenvalue weighted by Gasteiger charge is 2.29. The summed E-state index contributed by atoms with van der Waals surface area (Å²) in [7, 11) is 2.25. The average Bonchev–Trinajstić information content (AvgIpc) is 2.23. The summed E-state index contributed by atoms with van der Waals surface area (Å²) >= 11 is 0. The largest absolute Gasteiger partial charge is 0.467 e. The minimum atomic E-state index is -1.48. The summed E-state index contributed by atoms with van der Waals surface area (Å²) in [6.07, 6.45) is -2.25. The second-order valence-corrected chi connectivity index (χ2v) is 2.56. The molecule has 82 valence electrons. The highest BCUT2D eigenvalue weighted by molar-refractivity contribution is 5.81. The Balaban J connectivity index is 4.39. The molecule has 0 radical (unpaired) electrons. The van der Waals surface area contributed by atoms with E-state index in [4.69, 9.17) is 0 Å². The zero-order chi connectivity index (χ0) is 11.1. The summed E-state index contributed by atoms with van der Waals surface area (Å²) in [6, 6.07) is -1.31. The number of alkyl carbamates (subject to hydrolysis) is 1. The molecule has 0 fully saturated rings. The second-order valence-electron chi connectivity index (χ2n) is 2.56. The van der Waals surface area contributed by atoms with Crippen LogP contribution in [0.4, 0.5) is 9.18 Å². The van der Waals surface area contributed by atoms with Crippen molar-refractivity contribution in [2.45, 2.75) is 25.6 Å². The van der Waals surface area contributed by atoms with E-state index in [0.717, 1.165) is 14.2 Å². The Morgan fingerprint density at radius 3 is 2.29 bits per heavy atom. The smallest absolute Gasteiger partial charge is 0.407 e. The molecule has 5 nitrogen and oxygen atoms in total. The number of ether oxygens (including phenoxy) is 2. The summed E-state index contributed by atoms with van der Waals surface area (Å²) in [5.41, 5.74) is 0. The van der Waals surface area contributed by atoms with Crippen molar-refractivity contribution >= 4 is 12.1 Å². The van der Waals surface area contributed by atoms with Crippen LogP contribution in [-0.4, -0.2) is 38.5 Å². The molecule has 0 saturated heterocycles. The first-order valence-corrected chi connectivity index (χ1v) is 4.13. The van der Waals surface area contributed by atoms with Gasteiger partial charge in [0.15, 0.2) is 6.04 Å². The quantitative estimate of drug-likeness (QED) is 0.687. The van der Waals surface area contributed by atoms with Crippen LogP contribution in [0, 0.1) is 0 Å². The Morgan fingerprint density at radius 1 is 1.36 bits per heavy atom. The molecule has 0 spiro atoms. The predicted octanol–water partition coefficient (Wildman–Crippen LogP) is 0.632. The SMILES string of the molecule is CCC(F)C(NC(=O)OC)C(=O)OC. The van der Waals surface area contributed by atoms with Crippen molar-refractivity contribution in [2.24, 2.45) is 0 Å². The molecule has 2 atom stereocenters. The molecule has 0 bridgehead atoms. The van der Waals surface area contributed by atoms with E-state index in [1.54, 1.807) is 6.92 Å². The molecule has 0 aliphatic rings. The zero-order valence-electron chi connectivity index (χ0n) is 8.37. The molecule has 2 unspecified atom stereocenters. The first-order valence-electron chi connectivity index (χ1n) is 4.13. The third-order valence-corrected chi connectivity index (χ3v) is 1.67. The summed E-state index contributed by atoms with van der Waals surface area (Å²) in [4.78, 5) is 21.8. The Hall–Kier alpha value is -1.33. The van der Waals surface area contributed by atoms with E-state index in [1.807, 2.05) is 0 Å². The van der Waals surface area contributed by atoms with E-state index in [0.29, 0.717) is 0 Å². The van der Waals surface area contributed by atoms with Gasteiger partial charge in [-0.15, -0.1) is 0 Å². The Morgan fingerprint density at radius 2 is 1.93 bits per heavy atom. The second kappa shape index (κ2) is 6.17. The highest BCUT2D eigenvalue weighted by atomic mass is 19.1. The number of nitrogens with one attached hydrogen (secondary N) is 1. The number of hydrogen-bond donors (Lipinski definition) is 1. The van der Waals surface area contributed by atoms with Gasteiger partial charge in [0.1, 0.15) is 6.17 Å². The number of esters is 1. The molecule has 1 N–H and O–H groups in total. The van der Waals surface area contributed by atoms with Gasteiger partial charge >= 0.3 is 12.1 Å². The van der Waals surface area contributed by atoms with Crippen LogP contribution >= 0.6 is 0 Å². The van der Waals surface area contributed by atoms with E-state index < -0.39 is 24.3 Å². The number of halogens is 1. The minimum absolute atomic E-state index is 0.101. The maximum atomic E-state index is 13.2. The number of amides is 1. The van der Waals surface area contributed by atoms with Gasteiger partial charge in [-0.3, -0.25) is 0 Å². The standard InChI is InChI=1S/C8H14FNO4/c1-4-5(9)6(7(11)13-2)10-8(12)14-3/h5-6H,4H2,1-3H3,(H,10,12). The van der Waals surface area contributed by atoms with Gasteiger partial charge in [0, 0.05) is 0 Å². The molecule has 0 saturated carbocycles. The molecule has 1 amide bonds. The van der Waals surface area contributed by atoms with Crippen molar-refractivity contribution < 1.29 is 23.5 Å². The van der Waals surface area contributed by atoms with Crippen molar-refractivity contribution in [3.05, 3.63) is 0 Å². The van der Waals surface area contributed by atoms with Crippen molar-refractivity contribution in [3.8, 4) is 0 Å². The molecule has 0 rings (SSSR count). The van der Waals surface area contributed by atoms with Crippen molar-refractivity contribution in [3.63, 3.8) is 0 Å². The van der Waals surface area contributed by atoms with Crippen LogP contribution in [0.1, 0.15) is 13.3 Å². The van der Waals surface area contributed by atoms with E-state index >= 15 is 0 Å². The monoisotopic (exact) mass is 207 g/mol. The summed E-state index contributed by atoms with van der Waals surface area (Å²) < 4.78 is 21.7. The zero-order valence-corrected chi connectivity index (χ0v) is 8.37. The Labute approximate surface area is 81.6 Å². The molecule has 0 aliphatic heterocycles. The molecular weight excluding hydrogens is 193 g/mol. The Kier molecular flexibility index (Phi) is 5.59. The van der Waals surface area contributed by atoms with Gasteiger partial charge in [-0.05, 0) is 6.42 Å².